The largest absolute Gasteiger partial charge is 0.326 e. The predicted molar refractivity (Wildman–Crippen MR) is 73.5 cm³/mol. The van der Waals surface area contributed by atoms with Gasteiger partial charge in [0, 0.05) is 0 Å². The highest BCUT2D eigenvalue weighted by Gasteiger charge is 2.51. The third-order valence-electron chi connectivity index (χ3n) is 3.65. The Bertz CT molecular complexity index is 594. The number of hydrogen-bond acceptors (Lipinski definition) is 3. The molecule has 1 fully saturated rings. The van der Waals surface area contributed by atoms with Crippen LogP contribution in [0.5, 0.6) is 0 Å². The van der Waals surface area contributed by atoms with Gasteiger partial charge in [-0.1, -0.05) is 31.9 Å². The minimum atomic E-state index is -1.20. The van der Waals surface area contributed by atoms with Gasteiger partial charge in [0.25, 0.3) is 5.91 Å². The van der Waals surface area contributed by atoms with Gasteiger partial charge < -0.3 is 5.32 Å². The van der Waals surface area contributed by atoms with E-state index >= 15 is 0 Å². The summed E-state index contributed by atoms with van der Waals surface area (Å²) in [6.07, 6.45) is 2.00. The Labute approximate surface area is 122 Å². The van der Waals surface area contributed by atoms with E-state index in [1.807, 2.05) is 13.0 Å². The lowest BCUT2D eigenvalue weighted by molar-refractivity contribution is -0.131. The molecule has 0 radical (unpaired) electrons. The zero-order chi connectivity index (χ0) is 15.5. The zero-order valence-corrected chi connectivity index (χ0v) is 11.7. The van der Waals surface area contributed by atoms with E-state index < -0.39 is 23.3 Å². The number of hydrogen-bond donors (Lipinski definition) is 1. The maximum Gasteiger partial charge on any atom is 0.326 e. The Morgan fingerprint density at radius 3 is 2.57 bits per heavy atom. The summed E-state index contributed by atoms with van der Waals surface area (Å²) in [6, 6.07) is 6.74. The van der Waals surface area contributed by atoms with Crippen LogP contribution in [-0.2, 0) is 10.3 Å². The summed E-state index contributed by atoms with van der Waals surface area (Å²) in [6.45, 7) is 1.69. The number of unbranched alkanes of at least 4 members (excludes halogenated alkanes) is 1. The van der Waals surface area contributed by atoms with Crippen LogP contribution in [0.15, 0.2) is 24.3 Å². The maximum absolute atomic E-state index is 13.1. The zero-order valence-electron chi connectivity index (χ0n) is 11.7. The van der Waals surface area contributed by atoms with E-state index in [0.29, 0.717) is 12.0 Å². The van der Waals surface area contributed by atoms with Crippen molar-refractivity contribution in [1.82, 2.24) is 10.2 Å². The first-order valence-corrected chi connectivity index (χ1v) is 6.82. The summed E-state index contributed by atoms with van der Waals surface area (Å²) in [5.41, 5.74) is -0.659. The van der Waals surface area contributed by atoms with Gasteiger partial charge >= 0.3 is 6.03 Å². The van der Waals surface area contributed by atoms with Gasteiger partial charge in [-0.05, 0) is 24.1 Å². The van der Waals surface area contributed by atoms with Crippen LogP contribution in [0.4, 0.5) is 9.18 Å². The Kier molecular flexibility index (Phi) is 4.22. The van der Waals surface area contributed by atoms with E-state index in [0.717, 1.165) is 17.7 Å². The number of carbonyl (C=O) groups is 2. The van der Waals surface area contributed by atoms with Gasteiger partial charge in [-0.3, -0.25) is 4.79 Å². The van der Waals surface area contributed by atoms with E-state index in [1.54, 1.807) is 0 Å². The summed E-state index contributed by atoms with van der Waals surface area (Å²) in [4.78, 5) is 25.5. The van der Waals surface area contributed by atoms with Crippen LogP contribution in [0, 0.1) is 17.1 Å². The minimum absolute atomic E-state index is 0.292. The summed E-state index contributed by atoms with van der Waals surface area (Å²) in [7, 11) is 0. The average molecular weight is 289 g/mol. The third kappa shape index (κ3) is 2.59. The molecule has 1 aromatic rings. The number of carbonyl (C=O) groups excluding carboxylic acids is 2. The van der Waals surface area contributed by atoms with Crippen LogP contribution in [0.1, 0.15) is 31.7 Å². The first kappa shape index (κ1) is 15.0. The quantitative estimate of drug-likeness (QED) is 0.667. The van der Waals surface area contributed by atoms with Crippen molar-refractivity contribution in [2.75, 3.05) is 6.54 Å². The third-order valence-corrected chi connectivity index (χ3v) is 3.65. The topological polar surface area (TPSA) is 73.2 Å². The minimum Gasteiger partial charge on any atom is -0.319 e. The average Bonchev–Trinajstić information content (AvgIpc) is 2.71. The van der Waals surface area contributed by atoms with E-state index in [4.69, 9.17) is 5.26 Å². The van der Waals surface area contributed by atoms with Crippen LogP contribution in [0.3, 0.4) is 0 Å². The maximum atomic E-state index is 13.1. The van der Waals surface area contributed by atoms with Crippen molar-refractivity contribution in [3.63, 3.8) is 0 Å². The van der Waals surface area contributed by atoms with Gasteiger partial charge in [0.2, 0.25) is 0 Å². The van der Waals surface area contributed by atoms with Crippen molar-refractivity contribution >= 4 is 11.9 Å². The molecule has 6 heteroatoms. The lowest BCUT2D eigenvalue weighted by Gasteiger charge is -2.27. The lowest BCUT2D eigenvalue weighted by atomic mass is 9.85. The van der Waals surface area contributed by atoms with Crippen molar-refractivity contribution < 1.29 is 14.0 Å². The summed E-state index contributed by atoms with van der Waals surface area (Å²) in [5, 5.41) is 11.4. The number of nitrogens with zero attached hydrogens (tertiary/aromatic N) is 2. The second-order valence-electron chi connectivity index (χ2n) is 5.00. The molecule has 1 N–H and O–H groups in total. The molecule has 1 aliphatic heterocycles. The predicted octanol–water partition coefficient (Wildman–Crippen LogP) is 2.29. The Hall–Kier alpha value is -2.42. The molecule has 0 bridgehead atoms. The molecule has 1 aliphatic rings. The molecule has 1 saturated heterocycles. The molecule has 0 aliphatic carbocycles. The highest BCUT2D eigenvalue weighted by Crippen LogP contribution is 2.34. The van der Waals surface area contributed by atoms with Gasteiger partial charge in [-0.2, -0.15) is 5.26 Å². The van der Waals surface area contributed by atoms with Gasteiger partial charge in [0.05, 0.1) is 6.07 Å². The van der Waals surface area contributed by atoms with Gasteiger partial charge in [-0.15, -0.1) is 0 Å². The van der Waals surface area contributed by atoms with Crippen molar-refractivity contribution in [2.45, 2.75) is 31.7 Å². The number of imide groups is 1. The molecular weight excluding hydrogens is 273 g/mol. The molecule has 1 aromatic carbocycles. The number of nitrogens with one attached hydrogen (secondary N) is 1. The van der Waals surface area contributed by atoms with Crippen molar-refractivity contribution in [1.29, 1.82) is 5.26 Å². The van der Waals surface area contributed by atoms with Gasteiger partial charge in [-0.25, -0.2) is 14.1 Å². The smallest absolute Gasteiger partial charge is 0.319 e. The molecule has 5 nitrogen and oxygen atoms in total. The van der Waals surface area contributed by atoms with Crippen molar-refractivity contribution in [3.05, 3.63) is 35.6 Å². The molecule has 0 saturated carbocycles. The number of halogens is 1. The van der Waals surface area contributed by atoms with E-state index in [9.17, 15) is 14.0 Å². The fourth-order valence-corrected chi connectivity index (χ4v) is 2.53. The molecule has 0 spiro atoms. The van der Waals surface area contributed by atoms with E-state index in [2.05, 4.69) is 5.32 Å². The highest BCUT2D eigenvalue weighted by atomic mass is 19.1. The fraction of sp³-hybridized carbons (Fsp3) is 0.400. The number of nitriles is 1. The summed E-state index contributed by atoms with van der Waals surface area (Å²) >= 11 is 0. The Morgan fingerprint density at radius 2 is 2.00 bits per heavy atom. The van der Waals surface area contributed by atoms with Gasteiger partial charge in [0.15, 0.2) is 0 Å². The monoisotopic (exact) mass is 289 g/mol. The molecule has 21 heavy (non-hydrogen) atoms. The molecule has 1 atom stereocenters. The van der Waals surface area contributed by atoms with Crippen LogP contribution in [0.25, 0.3) is 0 Å². The van der Waals surface area contributed by atoms with Crippen LogP contribution in [-0.4, -0.2) is 23.4 Å². The second kappa shape index (κ2) is 5.92. The molecule has 3 amide bonds. The van der Waals surface area contributed by atoms with Crippen molar-refractivity contribution in [3.8, 4) is 6.07 Å². The molecule has 110 valence electrons. The van der Waals surface area contributed by atoms with Crippen molar-refractivity contribution in [2.24, 2.45) is 0 Å². The van der Waals surface area contributed by atoms with Crippen LogP contribution in [0.2, 0.25) is 0 Å². The van der Waals surface area contributed by atoms with Gasteiger partial charge in [0.1, 0.15) is 17.9 Å². The SMILES string of the molecule is CCCC[C@]1(c2ccc(F)cc2)NC(=O)N(CC#N)C1=O. The fourth-order valence-electron chi connectivity index (χ4n) is 2.53. The number of rotatable bonds is 5. The number of benzene rings is 1. The number of urea groups is 1. The first-order valence-electron chi connectivity index (χ1n) is 6.82. The normalized spacial score (nSPS) is 21.3. The lowest BCUT2D eigenvalue weighted by Crippen LogP contribution is -2.44. The van der Waals surface area contributed by atoms with Crippen LogP contribution < -0.4 is 5.32 Å². The van der Waals surface area contributed by atoms with E-state index in [1.165, 1.54) is 24.3 Å². The van der Waals surface area contributed by atoms with E-state index in [-0.39, 0.29) is 6.54 Å². The summed E-state index contributed by atoms with van der Waals surface area (Å²) in [5.74, 6) is -0.857. The molecule has 1 heterocycles. The first-order chi connectivity index (χ1) is 10.0. The summed E-state index contributed by atoms with van der Waals surface area (Å²) < 4.78 is 13.1. The standard InChI is InChI=1S/C15H16FN3O2/c1-2-3-8-15(11-4-6-12(16)7-5-11)13(20)19(10-9-17)14(21)18-15/h4-7H,2-3,8,10H2,1H3,(H,18,21)/t15-/m1/s1. The Morgan fingerprint density at radius 1 is 1.33 bits per heavy atom. The highest BCUT2D eigenvalue weighted by molar-refractivity contribution is 6.07. The van der Waals surface area contributed by atoms with Crippen LogP contribution >= 0.6 is 0 Å². The molecule has 0 unspecified atom stereocenters. The second-order valence-corrected chi connectivity index (χ2v) is 5.00. The molecular formula is C15H16FN3O2. The molecule has 2 rings (SSSR count). The Balaban J connectivity index is 2.44. The molecule has 0 aromatic heterocycles. The number of amides is 3.